The van der Waals surface area contributed by atoms with E-state index in [9.17, 15) is 14.4 Å². The smallest absolute Gasteiger partial charge is 0.308 e. The molecule has 1 aliphatic rings. The first-order chi connectivity index (χ1) is 11.8. The van der Waals surface area contributed by atoms with Crippen molar-refractivity contribution in [3.05, 3.63) is 27.7 Å². The van der Waals surface area contributed by atoms with E-state index in [1.54, 1.807) is 0 Å². The highest BCUT2D eigenvalue weighted by Gasteiger charge is 2.32. The van der Waals surface area contributed by atoms with E-state index in [0.717, 1.165) is 11.8 Å². The first-order valence-electron chi connectivity index (χ1n) is 6.74. The van der Waals surface area contributed by atoms with Crippen molar-refractivity contribution in [2.45, 2.75) is 18.6 Å². The molecule has 8 nitrogen and oxygen atoms in total. The zero-order valence-corrected chi connectivity index (χ0v) is 15.0. The van der Waals surface area contributed by atoms with Gasteiger partial charge < -0.3 is 15.2 Å². The molecule has 0 aliphatic carbocycles. The highest BCUT2D eigenvalue weighted by Crippen LogP contribution is 2.29. The van der Waals surface area contributed by atoms with E-state index in [1.165, 1.54) is 25.3 Å². The van der Waals surface area contributed by atoms with Gasteiger partial charge in [0.2, 0.25) is 5.91 Å². The van der Waals surface area contributed by atoms with Crippen LogP contribution in [0.15, 0.2) is 22.3 Å². The normalized spacial score (nSPS) is 18.6. The first kappa shape index (κ1) is 19.2. The molecule has 0 spiro atoms. The molecule has 1 aromatic rings. The zero-order chi connectivity index (χ0) is 18.6. The molecule has 132 valence electrons. The molecule has 1 aromatic carbocycles. The fourth-order valence-corrected chi connectivity index (χ4v) is 3.27. The summed E-state index contributed by atoms with van der Waals surface area (Å²) in [5.74, 6) is -1.84. The molecule has 2 rings (SSSR count). The second-order valence-corrected chi connectivity index (χ2v) is 6.74. The van der Waals surface area contributed by atoms with Crippen molar-refractivity contribution < 1.29 is 24.2 Å². The van der Waals surface area contributed by atoms with Crippen LogP contribution in [0.25, 0.3) is 0 Å². The van der Waals surface area contributed by atoms with Crippen LogP contribution >= 0.6 is 35.0 Å². The molecule has 11 heteroatoms. The number of nitrogens with one attached hydrogen (secondary N) is 1. The lowest BCUT2D eigenvalue weighted by Crippen LogP contribution is -2.26. The number of halogens is 2. The van der Waals surface area contributed by atoms with Gasteiger partial charge in [0.25, 0.3) is 0 Å². The Kier molecular flexibility index (Phi) is 6.40. The monoisotopic (exact) mass is 403 g/mol. The maximum Gasteiger partial charge on any atom is 0.308 e. The van der Waals surface area contributed by atoms with Crippen LogP contribution in [0.1, 0.15) is 18.9 Å². The summed E-state index contributed by atoms with van der Waals surface area (Å²) in [7, 11) is 0. The van der Waals surface area contributed by atoms with E-state index in [-0.39, 0.29) is 27.4 Å². The molecular weight excluding hydrogens is 393 g/mol. The van der Waals surface area contributed by atoms with Crippen molar-refractivity contribution in [2.24, 2.45) is 10.2 Å². The Labute approximate surface area is 156 Å². The minimum Gasteiger partial charge on any atom is -0.481 e. The molecule has 25 heavy (non-hydrogen) atoms. The predicted molar refractivity (Wildman–Crippen MR) is 94.6 cm³/mol. The van der Waals surface area contributed by atoms with Crippen LogP contribution in [-0.2, 0) is 14.4 Å². The van der Waals surface area contributed by atoms with E-state index in [1.807, 2.05) is 0 Å². The third-order valence-corrected chi connectivity index (χ3v) is 4.48. The Morgan fingerprint density at radius 3 is 2.60 bits per heavy atom. The van der Waals surface area contributed by atoms with Crippen LogP contribution in [0.3, 0.4) is 0 Å². The predicted octanol–water partition coefficient (Wildman–Crippen LogP) is 2.31. The number of carboxylic acid groups (broad SMARTS) is 1. The van der Waals surface area contributed by atoms with Crippen LogP contribution in [0.5, 0.6) is 5.75 Å². The number of thioether (sulfide) groups is 1. The third-order valence-electron chi connectivity index (χ3n) is 2.79. The number of rotatable bonds is 5. The fraction of sp³-hybridized carbons (Fsp3) is 0.214. The summed E-state index contributed by atoms with van der Waals surface area (Å²) in [6, 6.07) is 2.80. The number of hydrogen-bond acceptors (Lipinski definition) is 7. The van der Waals surface area contributed by atoms with E-state index in [2.05, 4.69) is 15.5 Å². The van der Waals surface area contributed by atoms with E-state index in [4.69, 9.17) is 33.0 Å². The Bertz CT molecular complexity index is 774. The van der Waals surface area contributed by atoms with Crippen LogP contribution < -0.4 is 10.1 Å². The Hall–Kier alpha value is -2.10. The van der Waals surface area contributed by atoms with Gasteiger partial charge in [-0.15, -0.1) is 5.10 Å². The molecule has 1 saturated heterocycles. The van der Waals surface area contributed by atoms with Gasteiger partial charge in [-0.25, -0.2) is 0 Å². The molecule has 0 radical (unpaired) electrons. The van der Waals surface area contributed by atoms with Crippen LogP contribution in [-0.4, -0.2) is 39.6 Å². The first-order valence-corrected chi connectivity index (χ1v) is 8.37. The summed E-state index contributed by atoms with van der Waals surface area (Å²) < 4.78 is 4.89. The lowest BCUT2D eigenvalue weighted by molar-refractivity contribution is -0.138. The van der Waals surface area contributed by atoms with Crippen molar-refractivity contribution in [1.82, 2.24) is 5.32 Å². The molecule has 1 fully saturated rings. The second-order valence-electron chi connectivity index (χ2n) is 4.74. The van der Waals surface area contributed by atoms with E-state index >= 15 is 0 Å². The summed E-state index contributed by atoms with van der Waals surface area (Å²) in [5.41, 5.74) is 0.347. The van der Waals surface area contributed by atoms with Crippen molar-refractivity contribution in [3.8, 4) is 5.75 Å². The molecule has 1 amide bonds. The summed E-state index contributed by atoms with van der Waals surface area (Å²) in [6.07, 6.45) is 0.959. The largest absolute Gasteiger partial charge is 0.481 e. The third kappa shape index (κ3) is 5.45. The number of esters is 1. The molecule has 1 aliphatic heterocycles. The number of amidine groups is 1. The number of amides is 1. The van der Waals surface area contributed by atoms with Crippen LogP contribution in [0.4, 0.5) is 0 Å². The number of ether oxygens (including phenoxy) is 1. The molecule has 1 heterocycles. The van der Waals surface area contributed by atoms with Gasteiger partial charge in [-0.05, 0) is 0 Å². The standard InChI is InChI=1S/C14H11Cl2N3O5S/c1-6(20)24-7-2-9(15)8(10(16)3-7)5-17-19-14-18-13(23)11(25-14)4-12(21)22/h2-3,5,11H,4H2,1H3,(H,21,22)(H,18,19,23). The Balaban J connectivity index is 2.11. The average Bonchev–Trinajstić information content (AvgIpc) is 2.80. The molecule has 0 aromatic heterocycles. The maximum atomic E-state index is 11.6. The average molecular weight is 404 g/mol. The number of benzene rings is 1. The van der Waals surface area contributed by atoms with E-state index in [0.29, 0.717) is 5.56 Å². The van der Waals surface area contributed by atoms with Gasteiger partial charge in [-0.3, -0.25) is 14.4 Å². The fourth-order valence-electron chi connectivity index (χ4n) is 1.79. The molecule has 1 atom stereocenters. The number of nitrogens with zero attached hydrogens (tertiary/aromatic N) is 2. The molecule has 0 saturated carbocycles. The number of carboxylic acids is 1. The van der Waals surface area contributed by atoms with Gasteiger partial charge >= 0.3 is 11.9 Å². The summed E-state index contributed by atoms with van der Waals surface area (Å²) in [6.45, 7) is 1.25. The minimum atomic E-state index is -1.08. The van der Waals surface area contributed by atoms with E-state index < -0.39 is 23.1 Å². The SMILES string of the molecule is CC(=O)Oc1cc(Cl)c(C=NN=C2NC(=O)C(CC(=O)O)S2)c(Cl)c1. The van der Waals surface area contributed by atoms with Crippen LogP contribution in [0.2, 0.25) is 10.0 Å². The summed E-state index contributed by atoms with van der Waals surface area (Å²) in [4.78, 5) is 33.2. The minimum absolute atomic E-state index is 0.177. The van der Waals surface area contributed by atoms with Gasteiger partial charge in [0, 0.05) is 24.6 Å². The van der Waals surface area contributed by atoms with Gasteiger partial charge in [-0.1, -0.05) is 35.0 Å². The van der Waals surface area contributed by atoms with Crippen molar-refractivity contribution in [3.63, 3.8) is 0 Å². The van der Waals surface area contributed by atoms with Crippen molar-refractivity contribution >= 4 is 64.2 Å². The molecule has 0 bridgehead atoms. The van der Waals surface area contributed by atoms with Crippen molar-refractivity contribution in [2.75, 3.05) is 0 Å². The number of aliphatic carboxylic acids is 1. The summed E-state index contributed by atoms with van der Waals surface area (Å²) in [5, 5.41) is 18.6. The number of carbonyl (C=O) groups is 3. The van der Waals surface area contributed by atoms with Gasteiger partial charge in [-0.2, -0.15) is 5.10 Å². The Morgan fingerprint density at radius 2 is 2.04 bits per heavy atom. The lowest BCUT2D eigenvalue weighted by Gasteiger charge is -2.05. The summed E-state index contributed by atoms with van der Waals surface area (Å²) >= 11 is 13.1. The molecule has 2 N–H and O–H groups in total. The van der Waals surface area contributed by atoms with Crippen molar-refractivity contribution in [1.29, 1.82) is 0 Å². The zero-order valence-electron chi connectivity index (χ0n) is 12.7. The lowest BCUT2D eigenvalue weighted by atomic mass is 10.2. The van der Waals surface area contributed by atoms with Gasteiger partial charge in [0.1, 0.15) is 11.0 Å². The van der Waals surface area contributed by atoms with Gasteiger partial charge in [0.05, 0.1) is 22.7 Å². The Morgan fingerprint density at radius 1 is 1.40 bits per heavy atom. The topological polar surface area (TPSA) is 117 Å². The number of carbonyl (C=O) groups excluding carboxylic acids is 2. The maximum absolute atomic E-state index is 11.6. The van der Waals surface area contributed by atoms with Gasteiger partial charge in [0.15, 0.2) is 5.17 Å². The molecular formula is C14H11Cl2N3O5S. The molecule has 1 unspecified atom stereocenters. The second kappa shape index (κ2) is 8.32. The quantitative estimate of drug-likeness (QED) is 0.337. The van der Waals surface area contributed by atoms with Crippen LogP contribution in [0, 0.1) is 0 Å². The highest BCUT2D eigenvalue weighted by molar-refractivity contribution is 8.15. The highest BCUT2D eigenvalue weighted by atomic mass is 35.5. The number of hydrogen-bond donors (Lipinski definition) is 2.